The van der Waals surface area contributed by atoms with Crippen molar-refractivity contribution in [1.29, 1.82) is 0 Å². The van der Waals surface area contributed by atoms with Crippen LogP contribution in [0.4, 0.5) is 0 Å². The van der Waals surface area contributed by atoms with Crippen molar-refractivity contribution >= 4 is 17.9 Å². The van der Waals surface area contributed by atoms with Gasteiger partial charge in [0.15, 0.2) is 11.2 Å². The first kappa shape index (κ1) is 28.0. The molecule has 1 aromatic rings. The molecule has 2 aliphatic rings. The third-order valence-corrected chi connectivity index (χ3v) is 7.91. The number of carbonyl (C=O) groups is 3. The van der Waals surface area contributed by atoms with Gasteiger partial charge in [-0.15, -0.1) is 0 Å². The second kappa shape index (κ2) is 9.74. The molecule has 0 spiro atoms. The summed E-state index contributed by atoms with van der Waals surface area (Å²) in [7, 11) is 0. The van der Waals surface area contributed by atoms with Crippen LogP contribution in [-0.2, 0) is 23.8 Å². The van der Waals surface area contributed by atoms with Crippen molar-refractivity contribution in [3.63, 3.8) is 0 Å². The molecular weight excluding hydrogens is 472 g/mol. The van der Waals surface area contributed by atoms with E-state index in [2.05, 4.69) is 0 Å². The highest BCUT2D eigenvalue weighted by Crippen LogP contribution is 2.63. The zero-order valence-corrected chi connectivity index (χ0v) is 21.3. The quantitative estimate of drug-likeness (QED) is 0.324. The van der Waals surface area contributed by atoms with E-state index in [1.807, 2.05) is 0 Å². The molecule has 2 saturated carbocycles. The SMILES string of the molecule is CC(=O)OC1(C)CC(O)C(O)C2(CO)C(OC(=O)c3ccccc3)CC(C(C)(C)O)CC12OC(C)=O. The third-order valence-electron chi connectivity index (χ3n) is 7.91. The van der Waals surface area contributed by atoms with Crippen LogP contribution in [0.25, 0.3) is 0 Å². The summed E-state index contributed by atoms with van der Waals surface area (Å²) < 4.78 is 17.5. The predicted octanol–water partition coefficient (Wildman–Crippen LogP) is 1.12. The van der Waals surface area contributed by atoms with Gasteiger partial charge >= 0.3 is 17.9 Å². The molecule has 2 fully saturated rings. The van der Waals surface area contributed by atoms with E-state index >= 15 is 0 Å². The molecule has 0 aromatic heterocycles. The van der Waals surface area contributed by atoms with E-state index in [-0.39, 0.29) is 24.8 Å². The van der Waals surface area contributed by atoms with Crippen LogP contribution in [0.15, 0.2) is 30.3 Å². The number of hydrogen-bond acceptors (Lipinski definition) is 10. The number of benzene rings is 1. The van der Waals surface area contributed by atoms with Gasteiger partial charge in [-0.05, 0) is 51.7 Å². The molecule has 7 unspecified atom stereocenters. The average Bonchev–Trinajstić information content (AvgIpc) is 2.76. The Morgan fingerprint density at radius 2 is 1.61 bits per heavy atom. The van der Waals surface area contributed by atoms with Gasteiger partial charge in [-0.1, -0.05) is 18.2 Å². The van der Waals surface area contributed by atoms with E-state index in [9.17, 15) is 34.8 Å². The van der Waals surface area contributed by atoms with E-state index in [1.54, 1.807) is 32.0 Å². The van der Waals surface area contributed by atoms with Gasteiger partial charge in [-0.2, -0.15) is 0 Å². The van der Waals surface area contributed by atoms with Gasteiger partial charge in [0, 0.05) is 20.3 Å². The number of rotatable bonds is 6. The van der Waals surface area contributed by atoms with E-state index in [4.69, 9.17) is 14.2 Å². The Morgan fingerprint density at radius 1 is 1.03 bits per heavy atom. The molecule has 3 rings (SSSR count). The summed E-state index contributed by atoms with van der Waals surface area (Å²) in [6.07, 6.45) is -5.13. The van der Waals surface area contributed by atoms with E-state index in [0.29, 0.717) is 0 Å². The lowest BCUT2D eigenvalue weighted by Crippen LogP contribution is -2.82. The van der Waals surface area contributed by atoms with Crippen molar-refractivity contribution < 1.29 is 49.0 Å². The molecule has 10 nitrogen and oxygen atoms in total. The predicted molar refractivity (Wildman–Crippen MR) is 125 cm³/mol. The minimum absolute atomic E-state index is 0.0361. The zero-order valence-electron chi connectivity index (χ0n) is 21.3. The lowest BCUT2D eigenvalue weighted by atomic mass is 9.45. The molecule has 0 aliphatic heterocycles. The Labute approximate surface area is 210 Å². The van der Waals surface area contributed by atoms with E-state index in [1.165, 1.54) is 19.1 Å². The monoisotopic (exact) mass is 508 g/mol. The molecule has 4 N–H and O–H groups in total. The first-order chi connectivity index (χ1) is 16.6. The molecule has 0 heterocycles. The highest BCUT2D eigenvalue weighted by molar-refractivity contribution is 5.89. The molecule has 10 heteroatoms. The highest BCUT2D eigenvalue weighted by Gasteiger charge is 2.78. The van der Waals surface area contributed by atoms with Gasteiger partial charge in [0.25, 0.3) is 0 Å². The Bertz CT molecular complexity index is 988. The Balaban J connectivity index is 2.30. The largest absolute Gasteiger partial charge is 0.458 e. The number of carbonyl (C=O) groups excluding carboxylic acids is 3. The van der Waals surface area contributed by atoms with E-state index < -0.39 is 71.0 Å². The van der Waals surface area contributed by atoms with Crippen LogP contribution >= 0.6 is 0 Å². The van der Waals surface area contributed by atoms with Crippen molar-refractivity contribution in [2.45, 2.75) is 89.0 Å². The summed E-state index contributed by atoms with van der Waals surface area (Å²) in [6, 6.07) is 8.05. The Kier molecular flexibility index (Phi) is 7.59. The fraction of sp³-hybridized carbons (Fsp3) is 0.654. The van der Waals surface area contributed by atoms with Crippen molar-refractivity contribution in [3.8, 4) is 0 Å². The van der Waals surface area contributed by atoms with Gasteiger partial charge in [-0.3, -0.25) is 9.59 Å². The summed E-state index contributed by atoms with van der Waals surface area (Å²) in [5, 5.41) is 44.2. The van der Waals surface area contributed by atoms with Gasteiger partial charge in [-0.25, -0.2) is 4.79 Å². The molecule has 0 amide bonds. The number of aliphatic hydroxyl groups excluding tert-OH is 3. The lowest BCUT2D eigenvalue weighted by Gasteiger charge is -2.67. The number of hydrogen-bond donors (Lipinski definition) is 4. The molecule has 36 heavy (non-hydrogen) atoms. The first-order valence-corrected chi connectivity index (χ1v) is 12.0. The fourth-order valence-corrected chi connectivity index (χ4v) is 6.22. The van der Waals surface area contributed by atoms with Crippen molar-refractivity contribution in [2.24, 2.45) is 11.3 Å². The van der Waals surface area contributed by atoms with Crippen LogP contribution in [0.2, 0.25) is 0 Å². The first-order valence-electron chi connectivity index (χ1n) is 12.0. The second-order valence-corrected chi connectivity index (χ2v) is 10.7. The molecule has 2 aliphatic carbocycles. The van der Waals surface area contributed by atoms with Gasteiger partial charge in [0.05, 0.1) is 30.0 Å². The standard InChI is InChI=1S/C26H36O10/c1-15(28)35-24(5)13-19(30)21(31)25(14-27)20(34-22(32)17-9-7-6-8-10-17)11-18(23(3,4)33)12-26(24,25)36-16(2)29/h6-10,18-21,27,30-31,33H,11-14H2,1-5H3. The van der Waals surface area contributed by atoms with Crippen molar-refractivity contribution in [1.82, 2.24) is 0 Å². The maximum absolute atomic E-state index is 13.2. The number of esters is 3. The third kappa shape index (κ3) is 4.51. The van der Waals surface area contributed by atoms with Crippen LogP contribution in [0.1, 0.15) is 64.2 Å². The molecule has 0 bridgehead atoms. The summed E-state index contributed by atoms with van der Waals surface area (Å²) in [6.45, 7) is 5.91. The lowest BCUT2D eigenvalue weighted by molar-refractivity contribution is -0.347. The smallest absolute Gasteiger partial charge is 0.338 e. The Hall–Kier alpha value is -2.53. The van der Waals surface area contributed by atoms with Gasteiger partial charge in [0.1, 0.15) is 11.5 Å². The van der Waals surface area contributed by atoms with Crippen molar-refractivity contribution in [3.05, 3.63) is 35.9 Å². The normalized spacial score (nSPS) is 36.4. The number of fused-ring (bicyclic) bond motifs is 1. The van der Waals surface area contributed by atoms with Crippen LogP contribution < -0.4 is 0 Å². The van der Waals surface area contributed by atoms with Crippen molar-refractivity contribution in [2.75, 3.05) is 6.61 Å². The number of aliphatic hydroxyl groups is 4. The highest BCUT2D eigenvalue weighted by atomic mass is 16.6. The Morgan fingerprint density at radius 3 is 2.11 bits per heavy atom. The van der Waals surface area contributed by atoms with Gasteiger partial charge < -0.3 is 34.6 Å². The van der Waals surface area contributed by atoms with Crippen LogP contribution in [0.5, 0.6) is 0 Å². The van der Waals surface area contributed by atoms with E-state index in [0.717, 1.165) is 13.8 Å². The molecule has 0 saturated heterocycles. The van der Waals surface area contributed by atoms with Crippen LogP contribution in [0, 0.1) is 11.3 Å². The topological polar surface area (TPSA) is 160 Å². The molecule has 1 aromatic carbocycles. The molecule has 200 valence electrons. The molecular formula is C26H36O10. The number of ether oxygens (including phenoxy) is 3. The zero-order chi connectivity index (χ0) is 27.1. The summed E-state index contributed by atoms with van der Waals surface area (Å²) in [4.78, 5) is 37.9. The van der Waals surface area contributed by atoms with Crippen LogP contribution in [-0.4, -0.2) is 80.1 Å². The van der Waals surface area contributed by atoms with Crippen LogP contribution in [0.3, 0.4) is 0 Å². The molecule has 7 atom stereocenters. The average molecular weight is 509 g/mol. The maximum atomic E-state index is 13.2. The maximum Gasteiger partial charge on any atom is 0.338 e. The molecule has 0 radical (unpaired) electrons. The summed E-state index contributed by atoms with van der Waals surface area (Å²) in [5.41, 5.74) is -6.91. The summed E-state index contributed by atoms with van der Waals surface area (Å²) >= 11 is 0. The second-order valence-electron chi connectivity index (χ2n) is 10.7. The minimum Gasteiger partial charge on any atom is -0.458 e. The van der Waals surface area contributed by atoms with Gasteiger partial charge in [0.2, 0.25) is 0 Å². The fourth-order valence-electron chi connectivity index (χ4n) is 6.22. The summed E-state index contributed by atoms with van der Waals surface area (Å²) in [5.74, 6) is -3.02. The minimum atomic E-state index is -1.99.